The van der Waals surface area contributed by atoms with Gasteiger partial charge in [0.15, 0.2) is 0 Å². The van der Waals surface area contributed by atoms with Crippen molar-refractivity contribution in [3.05, 3.63) is 12.2 Å². The molecular weight excluding hydrogens is 272 g/mol. The molecule has 0 atom stereocenters. The van der Waals surface area contributed by atoms with Crippen molar-refractivity contribution in [1.82, 2.24) is 0 Å². The average Bonchev–Trinajstić information content (AvgIpc) is 2.38. The quantitative estimate of drug-likeness (QED) is 0.275. The molecule has 0 saturated carbocycles. The van der Waals surface area contributed by atoms with E-state index in [9.17, 15) is 8.42 Å². The first-order valence-corrected chi connectivity index (χ1v) is 9.77. The van der Waals surface area contributed by atoms with Gasteiger partial charge in [-0.25, -0.2) is 0 Å². The molecule has 120 valence electrons. The second-order valence-corrected chi connectivity index (χ2v) is 7.09. The van der Waals surface area contributed by atoms with Crippen LogP contribution in [0.1, 0.15) is 84.0 Å². The second kappa shape index (κ2) is 13.6. The van der Waals surface area contributed by atoms with E-state index >= 15 is 0 Å². The molecule has 0 aromatic heterocycles. The van der Waals surface area contributed by atoms with E-state index in [0.29, 0.717) is 6.42 Å². The average molecular weight is 304 g/mol. The maximum Gasteiger partial charge on any atom is 0.264 e. The first-order valence-electron chi connectivity index (χ1n) is 8.16. The molecule has 0 aliphatic rings. The maximum absolute atomic E-state index is 10.5. The molecule has 0 bridgehead atoms. The van der Waals surface area contributed by atoms with Gasteiger partial charge in [0.05, 0.1) is 5.75 Å². The minimum Gasteiger partial charge on any atom is -0.286 e. The molecule has 0 aromatic carbocycles. The van der Waals surface area contributed by atoms with Gasteiger partial charge in [0.2, 0.25) is 0 Å². The highest BCUT2D eigenvalue weighted by atomic mass is 32.2. The lowest BCUT2D eigenvalue weighted by Gasteiger charge is -2.01. The Kier molecular flexibility index (Phi) is 13.4. The Bertz CT molecular complexity index is 321. The summed E-state index contributed by atoms with van der Waals surface area (Å²) in [6.45, 7) is 2.22. The summed E-state index contributed by atoms with van der Waals surface area (Å²) in [5, 5.41) is 0. The van der Waals surface area contributed by atoms with E-state index in [4.69, 9.17) is 4.55 Å². The van der Waals surface area contributed by atoms with E-state index in [0.717, 1.165) is 12.8 Å². The van der Waals surface area contributed by atoms with Crippen molar-refractivity contribution in [2.45, 2.75) is 84.0 Å². The van der Waals surface area contributed by atoms with Gasteiger partial charge < -0.3 is 0 Å². The number of allylic oxidation sites excluding steroid dienone is 2. The Morgan fingerprint density at radius 2 is 1.20 bits per heavy atom. The van der Waals surface area contributed by atoms with E-state index in [1.807, 2.05) is 0 Å². The van der Waals surface area contributed by atoms with Gasteiger partial charge in [-0.1, -0.05) is 70.4 Å². The topological polar surface area (TPSA) is 54.4 Å². The first kappa shape index (κ1) is 19.7. The van der Waals surface area contributed by atoms with Crippen molar-refractivity contribution in [2.24, 2.45) is 0 Å². The highest BCUT2D eigenvalue weighted by Crippen LogP contribution is 2.10. The molecule has 0 saturated heterocycles. The summed E-state index contributed by atoms with van der Waals surface area (Å²) in [6.07, 6.45) is 18.5. The molecule has 3 nitrogen and oxygen atoms in total. The molecule has 4 heteroatoms. The number of hydrogen-bond acceptors (Lipinski definition) is 2. The predicted molar refractivity (Wildman–Crippen MR) is 86.6 cm³/mol. The van der Waals surface area contributed by atoms with Crippen LogP contribution in [0.5, 0.6) is 0 Å². The van der Waals surface area contributed by atoms with E-state index in [1.54, 1.807) is 0 Å². The molecule has 0 aliphatic carbocycles. The molecule has 0 spiro atoms. The molecule has 0 aromatic rings. The van der Waals surface area contributed by atoms with Crippen molar-refractivity contribution >= 4 is 10.1 Å². The van der Waals surface area contributed by atoms with Gasteiger partial charge >= 0.3 is 0 Å². The fourth-order valence-electron chi connectivity index (χ4n) is 2.16. The molecule has 0 rings (SSSR count). The van der Waals surface area contributed by atoms with Crippen molar-refractivity contribution in [1.29, 1.82) is 0 Å². The minimum atomic E-state index is -3.75. The van der Waals surface area contributed by atoms with Crippen molar-refractivity contribution in [3.8, 4) is 0 Å². The van der Waals surface area contributed by atoms with Gasteiger partial charge in [-0.15, -0.1) is 0 Å². The zero-order chi connectivity index (χ0) is 15.1. The Morgan fingerprint density at radius 3 is 1.70 bits per heavy atom. The number of rotatable bonds is 14. The molecule has 0 unspecified atom stereocenters. The van der Waals surface area contributed by atoms with Gasteiger partial charge in [-0.2, -0.15) is 8.42 Å². The largest absolute Gasteiger partial charge is 0.286 e. The van der Waals surface area contributed by atoms with Gasteiger partial charge in [-0.3, -0.25) is 4.55 Å². The number of unbranched alkanes of at least 4 members (excludes halogenated alkanes) is 10. The van der Waals surface area contributed by atoms with Crippen LogP contribution < -0.4 is 0 Å². The highest BCUT2D eigenvalue weighted by molar-refractivity contribution is 7.85. The van der Waals surface area contributed by atoms with Crippen LogP contribution >= 0.6 is 0 Å². The monoisotopic (exact) mass is 304 g/mol. The zero-order valence-electron chi connectivity index (χ0n) is 13.0. The SMILES string of the molecule is CCCCC=CCCCCCCCCCCS(=O)(=O)O. The minimum absolute atomic E-state index is 0.0859. The summed E-state index contributed by atoms with van der Waals surface area (Å²) in [5.41, 5.74) is 0. The van der Waals surface area contributed by atoms with Crippen molar-refractivity contribution < 1.29 is 13.0 Å². The fourth-order valence-corrected chi connectivity index (χ4v) is 2.73. The van der Waals surface area contributed by atoms with Gasteiger partial charge in [0.25, 0.3) is 10.1 Å². The molecular formula is C16H32O3S. The van der Waals surface area contributed by atoms with Crippen LogP contribution in [0.2, 0.25) is 0 Å². The molecule has 0 aliphatic heterocycles. The summed E-state index contributed by atoms with van der Waals surface area (Å²) in [5.74, 6) is -0.0859. The predicted octanol–water partition coefficient (Wildman–Crippen LogP) is 5.13. The third kappa shape index (κ3) is 17.6. The molecule has 0 heterocycles. The normalized spacial score (nSPS) is 12.3. The Labute approximate surface area is 125 Å². The van der Waals surface area contributed by atoms with Crippen molar-refractivity contribution in [3.63, 3.8) is 0 Å². The summed E-state index contributed by atoms with van der Waals surface area (Å²) >= 11 is 0. The lowest BCUT2D eigenvalue weighted by Crippen LogP contribution is -2.03. The molecule has 0 fully saturated rings. The van der Waals surface area contributed by atoms with Crippen molar-refractivity contribution in [2.75, 3.05) is 5.75 Å². The van der Waals surface area contributed by atoms with Crippen LogP contribution in [-0.4, -0.2) is 18.7 Å². The summed E-state index contributed by atoms with van der Waals surface area (Å²) in [4.78, 5) is 0. The van der Waals surface area contributed by atoms with E-state index in [2.05, 4.69) is 19.1 Å². The molecule has 0 radical (unpaired) electrons. The van der Waals surface area contributed by atoms with Crippen LogP contribution in [0.4, 0.5) is 0 Å². The second-order valence-electron chi connectivity index (χ2n) is 5.52. The van der Waals surface area contributed by atoms with Crippen LogP contribution in [0.15, 0.2) is 12.2 Å². The van der Waals surface area contributed by atoms with E-state index in [1.165, 1.54) is 57.8 Å². The lowest BCUT2D eigenvalue weighted by molar-refractivity contribution is 0.478. The maximum atomic E-state index is 10.5. The van der Waals surface area contributed by atoms with E-state index < -0.39 is 10.1 Å². The molecule has 0 amide bonds. The molecule has 1 N–H and O–H groups in total. The zero-order valence-corrected chi connectivity index (χ0v) is 13.8. The first-order chi connectivity index (χ1) is 9.56. The molecule has 20 heavy (non-hydrogen) atoms. The standard InChI is InChI=1S/C16H32O3S/c1-2-3-4-5-6-7-8-9-10-11-12-13-14-15-16-20(17,18)19/h5-6H,2-4,7-16H2,1H3,(H,17,18,19). The third-order valence-electron chi connectivity index (χ3n) is 3.41. The van der Waals surface area contributed by atoms with Crippen LogP contribution in [-0.2, 0) is 10.1 Å². The summed E-state index contributed by atoms with van der Waals surface area (Å²) in [6, 6.07) is 0. The lowest BCUT2D eigenvalue weighted by atomic mass is 10.1. The Hall–Kier alpha value is -0.350. The van der Waals surface area contributed by atoms with Crippen LogP contribution in [0.25, 0.3) is 0 Å². The third-order valence-corrected chi connectivity index (χ3v) is 4.22. The van der Waals surface area contributed by atoms with Gasteiger partial charge in [0, 0.05) is 0 Å². The fraction of sp³-hybridized carbons (Fsp3) is 0.875. The van der Waals surface area contributed by atoms with Gasteiger partial charge in [0.1, 0.15) is 0 Å². The van der Waals surface area contributed by atoms with Crippen LogP contribution in [0, 0.1) is 0 Å². The van der Waals surface area contributed by atoms with E-state index in [-0.39, 0.29) is 5.75 Å². The van der Waals surface area contributed by atoms with Crippen LogP contribution in [0.3, 0.4) is 0 Å². The summed E-state index contributed by atoms with van der Waals surface area (Å²) < 4.78 is 29.6. The number of hydrogen-bond donors (Lipinski definition) is 1. The Balaban J connectivity index is 3.12. The highest BCUT2D eigenvalue weighted by Gasteiger charge is 2.02. The smallest absolute Gasteiger partial charge is 0.264 e. The Morgan fingerprint density at radius 1 is 0.750 bits per heavy atom. The summed E-state index contributed by atoms with van der Waals surface area (Å²) in [7, 11) is -3.75. The van der Waals surface area contributed by atoms with Gasteiger partial charge in [-0.05, 0) is 25.7 Å².